The first-order chi connectivity index (χ1) is 8.33. The van der Waals surface area contributed by atoms with Crippen molar-refractivity contribution in [2.45, 2.75) is 9.79 Å². The molecule has 0 N–H and O–H groups in total. The molecule has 1 aliphatic heterocycles. The fourth-order valence-electron chi connectivity index (χ4n) is 2.02. The van der Waals surface area contributed by atoms with E-state index in [2.05, 4.69) is 5.23 Å². The topological polar surface area (TPSA) is 34.1 Å². The van der Waals surface area contributed by atoms with Gasteiger partial charge >= 0.3 is 0 Å². The molecule has 2 aromatic rings. The molecule has 2 nitrogen and oxygen atoms in total. The lowest BCUT2D eigenvalue weighted by Crippen LogP contribution is -2.10. The fourth-order valence-corrected chi connectivity index (χ4v) is 3.62. The minimum Gasteiger partial charge on any atom is -0.289 e. The summed E-state index contributed by atoms with van der Waals surface area (Å²) in [6, 6.07) is 14.5. The predicted molar refractivity (Wildman–Crippen MR) is 66.1 cm³/mol. The quantitative estimate of drug-likeness (QED) is 0.566. The lowest BCUT2D eigenvalue weighted by Gasteiger charge is -2.19. The second kappa shape index (κ2) is 3.81. The molecule has 0 aromatic heterocycles. The molecule has 0 saturated heterocycles. The number of hydrogen-bond acceptors (Lipinski definition) is 2. The van der Waals surface area contributed by atoms with Crippen LogP contribution in [0, 0.1) is 0 Å². The van der Waals surface area contributed by atoms with E-state index in [-0.39, 0.29) is 5.78 Å². The summed E-state index contributed by atoms with van der Waals surface area (Å²) in [5.41, 5.74) is 1.25. The van der Waals surface area contributed by atoms with E-state index in [4.69, 9.17) is 0 Å². The molecule has 0 fully saturated rings. The summed E-state index contributed by atoms with van der Waals surface area (Å²) in [5.74, 6) is -0.00444. The molecule has 1 aliphatic rings. The molecule has 0 amide bonds. The van der Waals surface area contributed by atoms with Crippen molar-refractivity contribution in [3.8, 4) is 0 Å². The first-order valence-electron chi connectivity index (χ1n) is 5.18. The largest absolute Gasteiger partial charge is 0.289 e. The first-order valence-corrected chi connectivity index (χ1v) is 6.40. The van der Waals surface area contributed by atoms with Crippen LogP contribution in [-0.4, -0.2) is 11.0 Å². The second-order valence-corrected chi connectivity index (χ2v) is 5.37. The molecular formula is C14H8O2S. The van der Waals surface area contributed by atoms with Gasteiger partial charge in [-0.05, 0) is 34.7 Å². The molecule has 0 unspecified atom stereocenters. The van der Waals surface area contributed by atoms with Gasteiger partial charge in [0.2, 0.25) is 0 Å². The summed E-state index contributed by atoms with van der Waals surface area (Å²) in [6.45, 7) is 0. The van der Waals surface area contributed by atoms with Crippen molar-refractivity contribution in [2.24, 2.45) is 0 Å². The number of carbonyl (C=O) groups is 1. The van der Waals surface area contributed by atoms with Crippen LogP contribution in [-0.2, 0) is 4.79 Å². The molecule has 17 heavy (non-hydrogen) atoms. The Morgan fingerprint density at radius 3 is 1.76 bits per heavy atom. The smallest absolute Gasteiger partial charge is 0.195 e. The van der Waals surface area contributed by atoms with Crippen molar-refractivity contribution in [3.63, 3.8) is 0 Å². The van der Waals surface area contributed by atoms with Gasteiger partial charge in [-0.1, -0.05) is 24.3 Å². The van der Waals surface area contributed by atoms with Crippen LogP contribution in [0.15, 0.2) is 58.3 Å². The number of fused-ring (bicyclic) bond motifs is 2. The Morgan fingerprint density at radius 1 is 0.824 bits per heavy atom. The van der Waals surface area contributed by atoms with Gasteiger partial charge in [-0.3, -0.25) is 4.79 Å². The van der Waals surface area contributed by atoms with Crippen molar-refractivity contribution in [1.29, 1.82) is 0 Å². The lowest BCUT2D eigenvalue weighted by molar-refractivity contribution is 0.103. The molecule has 3 heteroatoms. The van der Waals surface area contributed by atoms with Gasteiger partial charge < -0.3 is 0 Å². The molecule has 0 radical (unpaired) electrons. The average Bonchev–Trinajstić information content (AvgIpc) is 2.40. The SMILES string of the molecule is O=C=S1c2ccccc2C(=O)c2ccccc21. The average molecular weight is 240 g/mol. The van der Waals surface area contributed by atoms with Gasteiger partial charge in [0, 0.05) is 20.9 Å². The van der Waals surface area contributed by atoms with Crippen LogP contribution in [0.3, 0.4) is 0 Å². The van der Waals surface area contributed by atoms with Crippen LogP contribution < -0.4 is 0 Å². The minimum absolute atomic E-state index is 0.00444. The molecule has 0 aliphatic carbocycles. The Morgan fingerprint density at radius 2 is 1.29 bits per heavy atom. The van der Waals surface area contributed by atoms with Gasteiger partial charge in [-0.15, -0.1) is 0 Å². The zero-order valence-corrected chi connectivity index (χ0v) is 9.66. The molecule has 3 rings (SSSR count). The first kappa shape index (κ1) is 10.2. The Kier molecular flexibility index (Phi) is 2.29. The van der Waals surface area contributed by atoms with E-state index < -0.39 is 10.5 Å². The minimum atomic E-state index is -0.749. The molecule has 0 spiro atoms. The highest BCUT2D eigenvalue weighted by Gasteiger charge is 2.26. The summed E-state index contributed by atoms with van der Waals surface area (Å²) in [5, 5.41) is 2.06. The lowest BCUT2D eigenvalue weighted by atomic mass is 10.0. The highest BCUT2D eigenvalue weighted by molar-refractivity contribution is 8.14. The van der Waals surface area contributed by atoms with Gasteiger partial charge in [0.15, 0.2) is 11.0 Å². The van der Waals surface area contributed by atoms with E-state index in [1.807, 2.05) is 36.4 Å². The van der Waals surface area contributed by atoms with Crippen LogP contribution >= 0.6 is 10.5 Å². The highest BCUT2D eigenvalue weighted by atomic mass is 32.2. The van der Waals surface area contributed by atoms with Crippen molar-refractivity contribution >= 4 is 21.5 Å². The van der Waals surface area contributed by atoms with E-state index in [0.29, 0.717) is 11.1 Å². The summed E-state index contributed by atoms with van der Waals surface area (Å²) in [7, 11) is -0.749. The zero-order chi connectivity index (χ0) is 11.8. The third-order valence-corrected chi connectivity index (χ3v) is 4.54. The third-order valence-electron chi connectivity index (χ3n) is 2.79. The maximum absolute atomic E-state index is 12.2. The summed E-state index contributed by atoms with van der Waals surface area (Å²) in [6.07, 6.45) is 0. The Bertz CT molecular complexity index is 631. The van der Waals surface area contributed by atoms with Gasteiger partial charge in [0.05, 0.1) is 0 Å². The molecule has 1 heterocycles. The fraction of sp³-hybridized carbons (Fsp3) is 0. The van der Waals surface area contributed by atoms with E-state index >= 15 is 0 Å². The van der Waals surface area contributed by atoms with Crippen LogP contribution in [0.4, 0.5) is 0 Å². The number of rotatable bonds is 0. The zero-order valence-electron chi connectivity index (χ0n) is 8.84. The van der Waals surface area contributed by atoms with Crippen LogP contribution in [0.25, 0.3) is 0 Å². The standard InChI is InChI=1S/C14H8O2S/c15-9-17-12-7-3-1-5-10(12)14(16)11-6-2-4-8-13(11)17/h1-8H. The highest BCUT2D eigenvalue weighted by Crippen LogP contribution is 2.43. The summed E-state index contributed by atoms with van der Waals surface area (Å²) in [4.78, 5) is 25.0. The summed E-state index contributed by atoms with van der Waals surface area (Å²) < 4.78 is 0. The Hall–Kier alpha value is -1.96. The predicted octanol–water partition coefficient (Wildman–Crippen LogP) is 2.99. The van der Waals surface area contributed by atoms with Gasteiger partial charge in [-0.2, -0.15) is 0 Å². The van der Waals surface area contributed by atoms with E-state index in [1.165, 1.54) is 0 Å². The van der Waals surface area contributed by atoms with Crippen molar-refractivity contribution in [1.82, 2.24) is 0 Å². The van der Waals surface area contributed by atoms with E-state index in [9.17, 15) is 9.59 Å². The van der Waals surface area contributed by atoms with Crippen LogP contribution in [0.5, 0.6) is 0 Å². The monoisotopic (exact) mass is 240 g/mol. The number of ketones is 1. The molecule has 0 atom stereocenters. The maximum atomic E-state index is 12.2. The van der Waals surface area contributed by atoms with Crippen LogP contribution in [0.1, 0.15) is 15.9 Å². The van der Waals surface area contributed by atoms with Crippen molar-refractivity contribution in [2.75, 3.05) is 0 Å². The number of carbonyl (C=O) groups excluding carboxylic acids is 2. The number of benzene rings is 2. The van der Waals surface area contributed by atoms with E-state index in [0.717, 1.165) is 9.79 Å². The van der Waals surface area contributed by atoms with Gasteiger partial charge in [0.1, 0.15) is 0 Å². The van der Waals surface area contributed by atoms with Crippen LogP contribution in [0.2, 0.25) is 0 Å². The number of hydrogen-bond donors (Lipinski definition) is 0. The summed E-state index contributed by atoms with van der Waals surface area (Å²) >= 11 is 0. The molecule has 2 aromatic carbocycles. The second-order valence-electron chi connectivity index (χ2n) is 3.71. The Labute approximate surface area is 101 Å². The molecule has 0 bridgehead atoms. The molecule has 0 saturated carbocycles. The van der Waals surface area contributed by atoms with Crippen molar-refractivity contribution < 1.29 is 9.59 Å². The normalized spacial score (nSPS) is 13.8. The van der Waals surface area contributed by atoms with Gasteiger partial charge in [0.25, 0.3) is 0 Å². The van der Waals surface area contributed by atoms with Gasteiger partial charge in [-0.25, -0.2) is 4.79 Å². The maximum Gasteiger partial charge on any atom is 0.195 e. The van der Waals surface area contributed by atoms with E-state index in [1.54, 1.807) is 12.1 Å². The van der Waals surface area contributed by atoms with Crippen molar-refractivity contribution in [3.05, 3.63) is 59.7 Å². The molecule has 82 valence electrons. The molecular weight excluding hydrogens is 232 g/mol. The Balaban J connectivity index is 2.42. The third kappa shape index (κ3) is 1.41.